The molecule has 1 aliphatic heterocycles. The molecule has 0 spiro atoms. The summed E-state index contributed by atoms with van der Waals surface area (Å²) in [7, 11) is 0. The van der Waals surface area contributed by atoms with Gasteiger partial charge in [-0.25, -0.2) is 4.68 Å². The normalized spacial score (nSPS) is 15.2. The molecule has 1 aromatic heterocycles. The van der Waals surface area contributed by atoms with Crippen molar-refractivity contribution in [2.24, 2.45) is 0 Å². The van der Waals surface area contributed by atoms with Crippen LogP contribution in [-0.4, -0.2) is 46.4 Å². The Labute approximate surface area is 164 Å². The summed E-state index contributed by atoms with van der Waals surface area (Å²) in [6.07, 6.45) is 3.78. The Hall–Kier alpha value is -3.28. The fourth-order valence-electron chi connectivity index (χ4n) is 3.27. The molecule has 0 fully saturated rings. The second-order valence-corrected chi connectivity index (χ2v) is 6.74. The molecule has 0 saturated heterocycles. The zero-order valence-corrected chi connectivity index (χ0v) is 15.8. The van der Waals surface area contributed by atoms with Gasteiger partial charge in [0.25, 0.3) is 0 Å². The van der Waals surface area contributed by atoms with Crippen LogP contribution in [0, 0.1) is 0 Å². The number of benzene rings is 2. The number of rotatable bonds is 6. The van der Waals surface area contributed by atoms with E-state index in [0.29, 0.717) is 26.1 Å². The SMILES string of the molecule is CCN(CC1COc2ccccc2O1)C(=O)Cc1cnn(-c2ccccc2)c1. The lowest BCUT2D eigenvalue weighted by Gasteiger charge is -2.30. The number of nitrogens with zero attached hydrogens (tertiary/aromatic N) is 3. The maximum Gasteiger partial charge on any atom is 0.227 e. The van der Waals surface area contributed by atoms with Crippen LogP contribution in [-0.2, 0) is 11.2 Å². The average Bonchev–Trinajstić information content (AvgIpc) is 3.21. The maximum atomic E-state index is 12.8. The Morgan fingerprint density at radius 2 is 1.89 bits per heavy atom. The minimum Gasteiger partial charge on any atom is -0.486 e. The molecule has 1 unspecified atom stereocenters. The monoisotopic (exact) mass is 377 g/mol. The molecule has 1 amide bonds. The van der Waals surface area contributed by atoms with Gasteiger partial charge >= 0.3 is 0 Å². The van der Waals surface area contributed by atoms with Gasteiger partial charge in [-0.3, -0.25) is 4.79 Å². The van der Waals surface area contributed by atoms with E-state index in [0.717, 1.165) is 22.7 Å². The highest BCUT2D eigenvalue weighted by Gasteiger charge is 2.25. The molecular weight excluding hydrogens is 354 g/mol. The summed E-state index contributed by atoms with van der Waals surface area (Å²) in [6.45, 7) is 3.53. The Balaban J connectivity index is 1.38. The number of amides is 1. The molecule has 144 valence electrons. The van der Waals surface area contributed by atoms with Crippen LogP contribution in [0.25, 0.3) is 5.69 Å². The van der Waals surface area contributed by atoms with Gasteiger partial charge in [0.15, 0.2) is 17.6 Å². The number of para-hydroxylation sites is 3. The lowest BCUT2D eigenvalue weighted by Crippen LogP contribution is -2.44. The molecule has 0 radical (unpaired) electrons. The minimum absolute atomic E-state index is 0.0533. The average molecular weight is 377 g/mol. The van der Waals surface area contributed by atoms with E-state index in [1.54, 1.807) is 10.9 Å². The molecule has 0 N–H and O–H groups in total. The summed E-state index contributed by atoms with van der Waals surface area (Å²) < 4.78 is 13.5. The van der Waals surface area contributed by atoms with Crippen molar-refractivity contribution in [3.05, 3.63) is 72.6 Å². The first-order valence-corrected chi connectivity index (χ1v) is 9.48. The van der Waals surface area contributed by atoms with Gasteiger partial charge in [-0.1, -0.05) is 30.3 Å². The molecule has 6 heteroatoms. The largest absolute Gasteiger partial charge is 0.486 e. The molecule has 6 nitrogen and oxygen atoms in total. The molecular formula is C22H23N3O3. The minimum atomic E-state index is -0.175. The topological polar surface area (TPSA) is 56.6 Å². The van der Waals surface area contributed by atoms with Gasteiger partial charge in [-0.05, 0) is 36.8 Å². The van der Waals surface area contributed by atoms with Crippen LogP contribution in [0.3, 0.4) is 0 Å². The first kappa shape index (κ1) is 18.1. The van der Waals surface area contributed by atoms with Gasteiger partial charge in [-0.15, -0.1) is 0 Å². The van der Waals surface area contributed by atoms with Crippen LogP contribution >= 0.6 is 0 Å². The van der Waals surface area contributed by atoms with Crippen molar-refractivity contribution in [2.45, 2.75) is 19.4 Å². The third kappa shape index (κ3) is 4.01. The summed E-state index contributed by atoms with van der Waals surface area (Å²) in [5, 5.41) is 4.37. The lowest BCUT2D eigenvalue weighted by atomic mass is 10.2. The van der Waals surface area contributed by atoms with E-state index in [1.807, 2.05) is 72.6 Å². The molecule has 28 heavy (non-hydrogen) atoms. The summed E-state index contributed by atoms with van der Waals surface area (Å²) in [5.74, 6) is 1.53. The highest BCUT2D eigenvalue weighted by Crippen LogP contribution is 2.31. The van der Waals surface area contributed by atoms with Gasteiger partial charge in [0.1, 0.15) is 6.61 Å². The lowest BCUT2D eigenvalue weighted by molar-refractivity contribution is -0.131. The van der Waals surface area contributed by atoms with Gasteiger partial charge in [-0.2, -0.15) is 5.10 Å². The van der Waals surface area contributed by atoms with Crippen LogP contribution in [0.4, 0.5) is 0 Å². The molecule has 1 atom stereocenters. The van der Waals surface area contributed by atoms with Crippen molar-refractivity contribution in [3.63, 3.8) is 0 Å². The van der Waals surface area contributed by atoms with Crippen LogP contribution in [0.1, 0.15) is 12.5 Å². The van der Waals surface area contributed by atoms with Gasteiger partial charge < -0.3 is 14.4 Å². The fraction of sp³-hybridized carbons (Fsp3) is 0.273. The molecule has 1 aliphatic rings. The Morgan fingerprint density at radius 3 is 2.68 bits per heavy atom. The zero-order valence-electron chi connectivity index (χ0n) is 15.8. The highest BCUT2D eigenvalue weighted by atomic mass is 16.6. The van der Waals surface area contributed by atoms with E-state index in [2.05, 4.69) is 5.10 Å². The predicted octanol–water partition coefficient (Wildman–Crippen LogP) is 3.10. The number of ether oxygens (including phenoxy) is 2. The van der Waals surface area contributed by atoms with Crippen molar-refractivity contribution in [1.82, 2.24) is 14.7 Å². The number of likely N-dealkylation sites (N-methyl/N-ethyl adjacent to an activating group) is 1. The summed E-state index contributed by atoms with van der Waals surface area (Å²) >= 11 is 0. The molecule has 2 aromatic carbocycles. The quantitative estimate of drug-likeness (QED) is 0.662. The van der Waals surface area contributed by atoms with Crippen LogP contribution < -0.4 is 9.47 Å². The molecule has 0 aliphatic carbocycles. The highest BCUT2D eigenvalue weighted by molar-refractivity contribution is 5.78. The van der Waals surface area contributed by atoms with Crippen molar-refractivity contribution in [1.29, 1.82) is 0 Å². The van der Waals surface area contributed by atoms with Gasteiger partial charge in [0.2, 0.25) is 5.91 Å². The standard InChI is InChI=1S/C22H23N3O3/c1-2-24(15-19-16-27-20-10-6-7-11-21(20)28-19)22(26)12-17-13-23-25(14-17)18-8-4-3-5-9-18/h3-11,13-14,19H,2,12,15-16H2,1H3. The van der Waals surface area contributed by atoms with E-state index in [1.165, 1.54) is 0 Å². The number of carbonyl (C=O) groups excluding carboxylic acids is 1. The summed E-state index contributed by atoms with van der Waals surface area (Å²) in [6, 6.07) is 17.5. The molecule has 4 rings (SSSR count). The number of fused-ring (bicyclic) bond motifs is 1. The Kier molecular flexibility index (Phi) is 5.28. The third-order valence-corrected chi connectivity index (χ3v) is 4.74. The van der Waals surface area contributed by atoms with Crippen LogP contribution in [0.5, 0.6) is 11.5 Å². The maximum absolute atomic E-state index is 12.8. The van der Waals surface area contributed by atoms with E-state index < -0.39 is 0 Å². The van der Waals surface area contributed by atoms with Crippen molar-refractivity contribution < 1.29 is 14.3 Å². The predicted molar refractivity (Wildman–Crippen MR) is 106 cm³/mol. The first-order valence-electron chi connectivity index (χ1n) is 9.48. The summed E-state index contributed by atoms with van der Waals surface area (Å²) in [4.78, 5) is 14.6. The van der Waals surface area contributed by atoms with E-state index in [4.69, 9.17) is 9.47 Å². The van der Waals surface area contributed by atoms with Crippen molar-refractivity contribution in [2.75, 3.05) is 19.7 Å². The van der Waals surface area contributed by atoms with E-state index in [9.17, 15) is 4.79 Å². The van der Waals surface area contributed by atoms with Crippen LogP contribution in [0.2, 0.25) is 0 Å². The summed E-state index contributed by atoms with van der Waals surface area (Å²) in [5.41, 5.74) is 1.86. The van der Waals surface area contributed by atoms with Crippen LogP contribution in [0.15, 0.2) is 67.0 Å². The molecule has 3 aromatic rings. The van der Waals surface area contributed by atoms with Crippen molar-refractivity contribution in [3.8, 4) is 17.2 Å². The third-order valence-electron chi connectivity index (χ3n) is 4.74. The number of hydrogen-bond donors (Lipinski definition) is 0. The number of carbonyl (C=O) groups is 1. The van der Waals surface area contributed by atoms with E-state index >= 15 is 0 Å². The smallest absolute Gasteiger partial charge is 0.227 e. The second-order valence-electron chi connectivity index (χ2n) is 6.74. The number of hydrogen-bond acceptors (Lipinski definition) is 4. The van der Waals surface area contributed by atoms with Gasteiger partial charge in [0, 0.05) is 12.7 Å². The molecule has 0 saturated carbocycles. The fourth-order valence-corrected chi connectivity index (χ4v) is 3.27. The Morgan fingerprint density at radius 1 is 1.14 bits per heavy atom. The second kappa shape index (κ2) is 8.17. The number of aromatic nitrogens is 2. The molecule has 0 bridgehead atoms. The molecule has 2 heterocycles. The Bertz CT molecular complexity index is 939. The van der Waals surface area contributed by atoms with Crippen molar-refractivity contribution >= 4 is 5.91 Å². The van der Waals surface area contributed by atoms with E-state index in [-0.39, 0.29) is 12.0 Å². The first-order chi connectivity index (χ1) is 13.7. The van der Waals surface area contributed by atoms with Gasteiger partial charge in [0.05, 0.1) is 24.8 Å². The zero-order chi connectivity index (χ0) is 19.3.